The molecule has 0 radical (unpaired) electrons. The Kier molecular flexibility index (Phi) is 7.21. The van der Waals surface area contributed by atoms with Crippen molar-refractivity contribution in [3.8, 4) is 0 Å². The zero-order valence-corrected chi connectivity index (χ0v) is 17.2. The smallest absolute Gasteiger partial charge is 0.347 e. The van der Waals surface area contributed by atoms with E-state index in [1.165, 1.54) is 10.8 Å². The fourth-order valence-electron chi connectivity index (χ4n) is 3.03. The van der Waals surface area contributed by atoms with Crippen molar-refractivity contribution in [2.45, 2.75) is 26.4 Å². The highest BCUT2D eigenvalue weighted by Gasteiger charge is 2.14. The minimum atomic E-state index is -0.306. The number of hydrogen-bond acceptors (Lipinski definition) is 4. The molecular weight excluding hydrogens is 378 g/mol. The van der Waals surface area contributed by atoms with E-state index in [4.69, 9.17) is 0 Å². The Morgan fingerprint density at radius 3 is 2.53 bits per heavy atom. The maximum Gasteiger partial charge on any atom is 0.347 e. The van der Waals surface area contributed by atoms with Gasteiger partial charge in [0.05, 0.1) is 6.54 Å². The van der Waals surface area contributed by atoms with E-state index in [0.29, 0.717) is 24.7 Å². The van der Waals surface area contributed by atoms with E-state index in [-0.39, 0.29) is 17.8 Å². The lowest BCUT2D eigenvalue weighted by Crippen LogP contribution is -2.41. The third-order valence-corrected chi connectivity index (χ3v) is 4.73. The van der Waals surface area contributed by atoms with Gasteiger partial charge in [-0.05, 0) is 41.8 Å². The molecule has 2 aromatic carbocycles. The van der Waals surface area contributed by atoms with Crippen LogP contribution in [0.2, 0.25) is 0 Å². The van der Waals surface area contributed by atoms with Gasteiger partial charge in [-0.1, -0.05) is 44.2 Å². The van der Waals surface area contributed by atoms with Crippen LogP contribution in [0.1, 0.15) is 19.4 Å². The van der Waals surface area contributed by atoms with Gasteiger partial charge in [-0.15, -0.1) is 0 Å². The molecule has 30 heavy (non-hydrogen) atoms. The van der Waals surface area contributed by atoms with E-state index in [1.54, 1.807) is 12.3 Å². The number of urea groups is 1. The normalized spacial score (nSPS) is 11.7. The van der Waals surface area contributed by atoms with Gasteiger partial charge in [0.25, 0.3) is 0 Å². The Hall–Kier alpha value is -3.61. The topological polar surface area (TPSA) is 88.1 Å². The van der Waals surface area contributed by atoms with Crippen LogP contribution >= 0.6 is 0 Å². The van der Waals surface area contributed by atoms with Crippen molar-refractivity contribution < 1.29 is 4.79 Å². The van der Waals surface area contributed by atoms with Gasteiger partial charge < -0.3 is 16.0 Å². The van der Waals surface area contributed by atoms with Crippen molar-refractivity contribution in [2.24, 2.45) is 5.92 Å². The number of carbonyl (C=O) groups excluding carboxylic acids is 1. The van der Waals surface area contributed by atoms with Gasteiger partial charge in [0.2, 0.25) is 0 Å². The van der Waals surface area contributed by atoms with E-state index in [1.807, 2.05) is 54.6 Å². The lowest BCUT2D eigenvalue weighted by molar-refractivity contribution is 0.251. The van der Waals surface area contributed by atoms with Crippen LogP contribution in [0.5, 0.6) is 0 Å². The molecule has 0 fully saturated rings. The molecule has 0 aliphatic carbocycles. The van der Waals surface area contributed by atoms with Crippen molar-refractivity contribution in [1.82, 2.24) is 14.9 Å². The molecule has 7 nitrogen and oxygen atoms in total. The minimum absolute atomic E-state index is 0.0990. The van der Waals surface area contributed by atoms with Crippen LogP contribution in [0, 0.1) is 5.92 Å². The van der Waals surface area contributed by atoms with Crippen molar-refractivity contribution in [3.05, 3.63) is 89.1 Å². The highest BCUT2D eigenvalue weighted by molar-refractivity contribution is 5.89. The van der Waals surface area contributed by atoms with Crippen LogP contribution in [0.15, 0.2) is 77.9 Å². The molecule has 0 bridgehead atoms. The van der Waals surface area contributed by atoms with Crippen molar-refractivity contribution >= 4 is 17.4 Å². The van der Waals surface area contributed by atoms with Crippen LogP contribution in [0.25, 0.3) is 0 Å². The van der Waals surface area contributed by atoms with E-state index >= 15 is 0 Å². The van der Waals surface area contributed by atoms with E-state index in [9.17, 15) is 9.59 Å². The molecule has 0 unspecified atom stereocenters. The van der Waals surface area contributed by atoms with Gasteiger partial charge in [-0.3, -0.25) is 4.57 Å². The second kappa shape index (κ2) is 10.2. The Morgan fingerprint density at radius 1 is 1.03 bits per heavy atom. The van der Waals surface area contributed by atoms with Gasteiger partial charge in [0.15, 0.2) is 0 Å². The predicted molar refractivity (Wildman–Crippen MR) is 120 cm³/mol. The fraction of sp³-hybridized carbons (Fsp3) is 0.261. The fourth-order valence-corrected chi connectivity index (χ4v) is 3.03. The number of hydrogen-bond donors (Lipinski definition) is 3. The van der Waals surface area contributed by atoms with Crippen molar-refractivity contribution in [1.29, 1.82) is 0 Å². The number of para-hydroxylation sites is 1. The first-order valence-corrected chi connectivity index (χ1v) is 9.98. The summed E-state index contributed by atoms with van der Waals surface area (Å²) in [4.78, 5) is 27.9. The number of anilines is 2. The molecule has 0 aliphatic rings. The first-order chi connectivity index (χ1) is 14.5. The number of amides is 2. The number of aromatic nitrogens is 2. The average Bonchev–Trinajstić information content (AvgIpc) is 2.73. The van der Waals surface area contributed by atoms with E-state index < -0.39 is 0 Å². The molecule has 3 rings (SSSR count). The lowest BCUT2D eigenvalue weighted by atomic mass is 10.0. The van der Waals surface area contributed by atoms with Gasteiger partial charge >= 0.3 is 11.7 Å². The number of nitrogens with one attached hydrogen (secondary N) is 3. The second-order valence-electron chi connectivity index (χ2n) is 7.43. The highest BCUT2D eigenvalue weighted by atomic mass is 16.2. The van der Waals surface area contributed by atoms with Crippen LogP contribution in [0.4, 0.5) is 16.2 Å². The average molecular weight is 406 g/mol. The van der Waals surface area contributed by atoms with Crippen LogP contribution in [-0.4, -0.2) is 28.2 Å². The minimum Gasteiger partial charge on any atom is -0.380 e. The maximum absolute atomic E-state index is 12.4. The molecule has 7 heteroatoms. The summed E-state index contributed by atoms with van der Waals surface area (Å²) in [6.45, 7) is 5.11. The monoisotopic (exact) mass is 405 g/mol. The Bertz CT molecular complexity index is 1020. The lowest BCUT2D eigenvalue weighted by Gasteiger charge is -2.24. The summed E-state index contributed by atoms with van der Waals surface area (Å²) in [5, 5.41) is 9.25. The summed E-state index contributed by atoms with van der Waals surface area (Å²) in [5.41, 5.74) is 2.28. The van der Waals surface area contributed by atoms with E-state index in [0.717, 1.165) is 11.3 Å². The second-order valence-corrected chi connectivity index (χ2v) is 7.43. The SMILES string of the molecule is CC(C)[C@H](CNC(=O)Nc1cccc(Cn2cccnc2=O)c1)Nc1ccccc1. The number of benzene rings is 2. The first-order valence-electron chi connectivity index (χ1n) is 9.98. The summed E-state index contributed by atoms with van der Waals surface area (Å²) >= 11 is 0. The summed E-state index contributed by atoms with van der Waals surface area (Å²) in [6, 6.07) is 18.9. The van der Waals surface area contributed by atoms with Crippen molar-refractivity contribution in [2.75, 3.05) is 17.2 Å². The standard InChI is InChI=1S/C23H27N5O2/c1-17(2)21(26-19-9-4-3-5-10-19)15-25-22(29)27-20-11-6-8-18(14-20)16-28-13-7-12-24-23(28)30/h3-14,17,21,26H,15-16H2,1-2H3,(H2,25,27,29)/t21-/m0/s1. The van der Waals surface area contributed by atoms with Crippen molar-refractivity contribution in [3.63, 3.8) is 0 Å². The van der Waals surface area contributed by atoms with Crippen LogP contribution < -0.4 is 21.6 Å². The molecule has 0 aliphatic heterocycles. The third-order valence-electron chi connectivity index (χ3n) is 4.73. The Morgan fingerprint density at radius 2 is 1.80 bits per heavy atom. The number of nitrogens with zero attached hydrogens (tertiary/aromatic N) is 2. The molecular formula is C23H27N5O2. The molecule has 156 valence electrons. The Labute approximate surface area is 176 Å². The predicted octanol–water partition coefficient (Wildman–Crippen LogP) is 3.55. The quantitative estimate of drug-likeness (QED) is 0.535. The van der Waals surface area contributed by atoms with Crippen LogP contribution in [-0.2, 0) is 6.54 Å². The first kappa shape index (κ1) is 21.1. The van der Waals surface area contributed by atoms with E-state index in [2.05, 4.69) is 34.8 Å². The maximum atomic E-state index is 12.4. The molecule has 3 aromatic rings. The molecule has 0 spiro atoms. The molecule has 2 amide bonds. The zero-order chi connectivity index (χ0) is 21.3. The number of rotatable bonds is 8. The van der Waals surface area contributed by atoms with Crippen LogP contribution in [0.3, 0.4) is 0 Å². The molecule has 1 atom stereocenters. The molecule has 0 saturated heterocycles. The zero-order valence-electron chi connectivity index (χ0n) is 17.2. The largest absolute Gasteiger partial charge is 0.380 e. The molecule has 1 heterocycles. The van der Waals surface area contributed by atoms with Gasteiger partial charge in [-0.2, -0.15) is 0 Å². The van der Waals surface area contributed by atoms with Gasteiger partial charge in [0.1, 0.15) is 0 Å². The van der Waals surface area contributed by atoms with Gasteiger partial charge in [0, 0.05) is 36.4 Å². The van der Waals surface area contributed by atoms with Gasteiger partial charge in [-0.25, -0.2) is 14.6 Å². The Balaban J connectivity index is 1.56. The summed E-state index contributed by atoms with van der Waals surface area (Å²) in [7, 11) is 0. The number of carbonyl (C=O) groups is 1. The summed E-state index contributed by atoms with van der Waals surface area (Å²) in [6.07, 6.45) is 3.16. The third kappa shape index (κ3) is 6.20. The summed E-state index contributed by atoms with van der Waals surface area (Å²) in [5.74, 6) is 0.339. The molecule has 3 N–H and O–H groups in total. The molecule has 0 saturated carbocycles. The summed E-state index contributed by atoms with van der Waals surface area (Å²) < 4.78 is 1.52. The molecule has 1 aromatic heterocycles. The highest BCUT2D eigenvalue weighted by Crippen LogP contribution is 2.13.